The van der Waals surface area contributed by atoms with Gasteiger partial charge in [0.05, 0.1) is 25.4 Å². The highest BCUT2D eigenvalue weighted by molar-refractivity contribution is 5.66. The molecule has 2 unspecified atom stereocenters. The number of rotatable bonds is 6. The van der Waals surface area contributed by atoms with Crippen molar-refractivity contribution >= 4 is 0 Å². The normalized spacial score (nSPS) is 19.9. The molecule has 2 aromatic carbocycles. The van der Waals surface area contributed by atoms with Crippen molar-refractivity contribution in [2.45, 2.75) is 38.9 Å². The second-order valence-electron chi connectivity index (χ2n) is 6.39. The van der Waals surface area contributed by atoms with Crippen LogP contribution in [0.4, 0.5) is 13.2 Å². The first kappa shape index (κ1) is 19.7. The lowest BCUT2D eigenvalue weighted by Crippen LogP contribution is -2.27. The number of hydrogen-bond donors (Lipinski definition) is 0. The van der Waals surface area contributed by atoms with E-state index < -0.39 is 17.5 Å². The Hall–Kier alpha value is -2.05. The van der Waals surface area contributed by atoms with Gasteiger partial charge in [-0.3, -0.25) is 0 Å². The van der Waals surface area contributed by atoms with Gasteiger partial charge in [-0.25, -0.2) is 8.78 Å². The summed E-state index contributed by atoms with van der Waals surface area (Å²) in [6.45, 7) is 4.91. The third kappa shape index (κ3) is 4.28. The average Bonchev–Trinajstić information content (AvgIpc) is 2.67. The number of halogens is 3. The van der Waals surface area contributed by atoms with Crippen molar-refractivity contribution in [2.75, 3.05) is 19.8 Å². The first-order valence-electron chi connectivity index (χ1n) is 9.18. The Balaban J connectivity index is 1.81. The standard InChI is InChI=1S/C21H23F3O3/c1-3-25-14-6-9-18(27-12-14)13-5-7-15(17(22)11-13)16-8-10-19(26-4-2)21(24)20(16)23/h5,7-8,10-11,14,18H,3-4,6,9,12H2,1-2H3. The van der Waals surface area contributed by atoms with Crippen molar-refractivity contribution in [3.8, 4) is 16.9 Å². The Kier molecular flexibility index (Phi) is 6.39. The van der Waals surface area contributed by atoms with Crippen LogP contribution in [0.25, 0.3) is 11.1 Å². The van der Waals surface area contributed by atoms with Crippen LogP contribution in [0.15, 0.2) is 30.3 Å². The van der Waals surface area contributed by atoms with Gasteiger partial charge in [0.2, 0.25) is 5.82 Å². The van der Waals surface area contributed by atoms with E-state index in [1.54, 1.807) is 13.0 Å². The van der Waals surface area contributed by atoms with E-state index in [0.717, 1.165) is 12.8 Å². The molecule has 1 aliphatic heterocycles. The summed E-state index contributed by atoms with van der Waals surface area (Å²) >= 11 is 0. The quantitative estimate of drug-likeness (QED) is 0.669. The van der Waals surface area contributed by atoms with Crippen LogP contribution in [0.3, 0.4) is 0 Å². The van der Waals surface area contributed by atoms with Crippen molar-refractivity contribution < 1.29 is 27.4 Å². The fourth-order valence-electron chi connectivity index (χ4n) is 3.31. The van der Waals surface area contributed by atoms with E-state index in [4.69, 9.17) is 14.2 Å². The predicted octanol–water partition coefficient (Wildman–Crippen LogP) is 5.43. The number of hydrogen-bond acceptors (Lipinski definition) is 3. The summed E-state index contributed by atoms with van der Waals surface area (Å²) in [7, 11) is 0. The molecule has 27 heavy (non-hydrogen) atoms. The summed E-state index contributed by atoms with van der Waals surface area (Å²) in [6, 6.07) is 7.11. The fraction of sp³-hybridized carbons (Fsp3) is 0.429. The maximum atomic E-state index is 14.6. The largest absolute Gasteiger partial charge is 0.491 e. The minimum atomic E-state index is -1.12. The summed E-state index contributed by atoms with van der Waals surface area (Å²) < 4.78 is 59.4. The minimum Gasteiger partial charge on any atom is -0.491 e. The van der Waals surface area contributed by atoms with E-state index in [0.29, 0.717) is 18.8 Å². The van der Waals surface area contributed by atoms with Gasteiger partial charge in [-0.05, 0) is 50.5 Å². The van der Waals surface area contributed by atoms with E-state index in [1.807, 2.05) is 6.92 Å². The third-order valence-corrected chi connectivity index (χ3v) is 4.64. The molecule has 0 aliphatic carbocycles. The zero-order valence-electron chi connectivity index (χ0n) is 15.4. The topological polar surface area (TPSA) is 27.7 Å². The molecule has 1 saturated heterocycles. The summed E-state index contributed by atoms with van der Waals surface area (Å²) in [5.74, 6) is -3.04. The second kappa shape index (κ2) is 8.76. The minimum absolute atomic E-state index is 0.00111. The first-order valence-corrected chi connectivity index (χ1v) is 9.18. The molecule has 6 heteroatoms. The summed E-state index contributed by atoms with van der Waals surface area (Å²) in [5.41, 5.74) is 0.542. The van der Waals surface area contributed by atoms with Gasteiger partial charge in [-0.2, -0.15) is 4.39 Å². The van der Waals surface area contributed by atoms with Crippen molar-refractivity contribution in [3.63, 3.8) is 0 Å². The Bertz CT molecular complexity index is 786. The zero-order valence-corrected chi connectivity index (χ0v) is 15.4. The number of ether oxygens (including phenoxy) is 3. The van der Waals surface area contributed by atoms with Gasteiger partial charge in [0.15, 0.2) is 11.6 Å². The van der Waals surface area contributed by atoms with E-state index >= 15 is 0 Å². The maximum absolute atomic E-state index is 14.6. The lowest BCUT2D eigenvalue weighted by atomic mass is 9.96. The highest BCUT2D eigenvalue weighted by atomic mass is 19.2. The van der Waals surface area contributed by atoms with Crippen molar-refractivity contribution in [1.82, 2.24) is 0 Å². The molecular formula is C21H23F3O3. The molecule has 2 atom stereocenters. The maximum Gasteiger partial charge on any atom is 0.201 e. The zero-order chi connectivity index (χ0) is 19.4. The molecule has 0 aromatic heterocycles. The number of benzene rings is 2. The van der Waals surface area contributed by atoms with E-state index in [1.165, 1.54) is 24.3 Å². The molecule has 1 fully saturated rings. The lowest BCUT2D eigenvalue weighted by molar-refractivity contribution is -0.0840. The van der Waals surface area contributed by atoms with E-state index in [2.05, 4.69) is 0 Å². The molecule has 3 rings (SSSR count). The van der Waals surface area contributed by atoms with Crippen LogP contribution in [0.2, 0.25) is 0 Å². The molecule has 0 bridgehead atoms. The first-order chi connectivity index (χ1) is 13.0. The van der Waals surface area contributed by atoms with Gasteiger partial charge in [0, 0.05) is 17.7 Å². The van der Waals surface area contributed by atoms with Crippen LogP contribution in [0.1, 0.15) is 38.4 Å². The van der Waals surface area contributed by atoms with Gasteiger partial charge in [0.25, 0.3) is 0 Å². The van der Waals surface area contributed by atoms with Gasteiger partial charge >= 0.3 is 0 Å². The van der Waals surface area contributed by atoms with Crippen LogP contribution >= 0.6 is 0 Å². The molecule has 3 nitrogen and oxygen atoms in total. The highest BCUT2D eigenvalue weighted by Crippen LogP contribution is 2.35. The van der Waals surface area contributed by atoms with E-state index in [9.17, 15) is 13.2 Å². The lowest BCUT2D eigenvalue weighted by Gasteiger charge is -2.29. The second-order valence-corrected chi connectivity index (χ2v) is 6.39. The van der Waals surface area contributed by atoms with Crippen molar-refractivity contribution in [2.24, 2.45) is 0 Å². The molecule has 0 saturated carbocycles. The summed E-state index contributed by atoms with van der Waals surface area (Å²) in [4.78, 5) is 0. The van der Waals surface area contributed by atoms with Crippen LogP contribution in [0, 0.1) is 17.5 Å². The van der Waals surface area contributed by atoms with Crippen LogP contribution in [-0.4, -0.2) is 25.9 Å². The molecule has 146 valence electrons. The Morgan fingerprint density at radius 3 is 2.37 bits per heavy atom. The highest BCUT2D eigenvalue weighted by Gasteiger charge is 2.25. The molecule has 1 aliphatic rings. The van der Waals surface area contributed by atoms with E-state index in [-0.39, 0.29) is 35.7 Å². The molecule has 0 N–H and O–H groups in total. The molecular weight excluding hydrogens is 357 g/mol. The average molecular weight is 380 g/mol. The Morgan fingerprint density at radius 2 is 1.74 bits per heavy atom. The summed E-state index contributed by atoms with van der Waals surface area (Å²) in [6.07, 6.45) is 1.39. The molecule has 2 aromatic rings. The Labute approximate surface area is 157 Å². The van der Waals surface area contributed by atoms with Crippen LogP contribution in [0.5, 0.6) is 5.75 Å². The Morgan fingerprint density at radius 1 is 0.963 bits per heavy atom. The smallest absolute Gasteiger partial charge is 0.201 e. The third-order valence-electron chi connectivity index (χ3n) is 4.64. The molecule has 0 amide bonds. The van der Waals surface area contributed by atoms with Crippen molar-refractivity contribution in [3.05, 3.63) is 53.3 Å². The fourth-order valence-corrected chi connectivity index (χ4v) is 3.31. The monoisotopic (exact) mass is 380 g/mol. The molecule has 1 heterocycles. The van der Waals surface area contributed by atoms with Crippen LogP contribution < -0.4 is 4.74 Å². The molecule has 0 radical (unpaired) electrons. The van der Waals surface area contributed by atoms with Crippen LogP contribution in [-0.2, 0) is 9.47 Å². The van der Waals surface area contributed by atoms with Gasteiger partial charge < -0.3 is 14.2 Å². The van der Waals surface area contributed by atoms with Crippen molar-refractivity contribution in [1.29, 1.82) is 0 Å². The van der Waals surface area contributed by atoms with Gasteiger partial charge in [-0.1, -0.05) is 12.1 Å². The van der Waals surface area contributed by atoms with Gasteiger partial charge in [-0.15, -0.1) is 0 Å². The SMILES string of the molecule is CCOc1ccc(-c2ccc(C3CCC(OCC)CO3)cc2F)c(F)c1F. The predicted molar refractivity (Wildman–Crippen MR) is 96.3 cm³/mol. The van der Waals surface area contributed by atoms with Gasteiger partial charge in [0.1, 0.15) is 5.82 Å². The summed E-state index contributed by atoms with van der Waals surface area (Å²) in [5, 5.41) is 0. The molecule has 0 spiro atoms.